The van der Waals surface area contributed by atoms with Crippen LogP contribution < -0.4 is 19.8 Å². The summed E-state index contributed by atoms with van der Waals surface area (Å²) in [6, 6.07) is 34.0. The Labute approximate surface area is 261 Å². The maximum absolute atomic E-state index is 13.8. The lowest BCUT2D eigenvalue weighted by atomic mass is 10.1. The molecule has 2 amide bonds. The zero-order chi connectivity index (χ0) is 31.5. The Bertz CT molecular complexity index is 1840. The number of ether oxygens (including phenoxy) is 1. The maximum Gasteiger partial charge on any atom is 0.273 e. The lowest BCUT2D eigenvalue weighted by Crippen LogP contribution is -2.33. The molecule has 5 rings (SSSR count). The first kappa shape index (κ1) is 30.8. The van der Waals surface area contributed by atoms with Gasteiger partial charge in [0.05, 0.1) is 41.7 Å². The standard InChI is InChI=1S/C34H30N4O6S/c39-33(35-23-29-12-9-21-43-29)25-44-28-19-17-26(18-20-28)22-36-37-34(40)31-15-7-8-16-32(31)38(24-27-10-3-1-4-11-27)45(41,42)30-13-5-2-6-14-30/h1-22H,23-25H2,(H,35,39)(H,37,40)/b36-22-. The van der Waals surface area contributed by atoms with E-state index in [1.54, 1.807) is 78.9 Å². The second-order valence-electron chi connectivity index (χ2n) is 9.74. The van der Waals surface area contributed by atoms with E-state index in [0.717, 1.165) is 5.56 Å². The average molecular weight is 623 g/mol. The number of rotatable bonds is 13. The molecule has 2 N–H and O–H groups in total. The highest BCUT2D eigenvalue weighted by molar-refractivity contribution is 7.92. The molecule has 1 heterocycles. The molecule has 4 aromatic carbocycles. The zero-order valence-electron chi connectivity index (χ0n) is 24.1. The lowest BCUT2D eigenvalue weighted by molar-refractivity contribution is -0.123. The molecule has 0 fully saturated rings. The maximum atomic E-state index is 13.8. The first-order chi connectivity index (χ1) is 21.9. The number of benzene rings is 4. The smallest absolute Gasteiger partial charge is 0.273 e. The van der Waals surface area contributed by atoms with Crippen molar-refractivity contribution in [3.05, 3.63) is 150 Å². The van der Waals surface area contributed by atoms with Crippen molar-refractivity contribution in [2.45, 2.75) is 18.0 Å². The Balaban J connectivity index is 1.25. The fourth-order valence-electron chi connectivity index (χ4n) is 4.33. The van der Waals surface area contributed by atoms with Gasteiger partial charge >= 0.3 is 0 Å². The van der Waals surface area contributed by atoms with Gasteiger partial charge in [0, 0.05) is 0 Å². The summed E-state index contributed by atoms with van der Waals surface area (Å²) in [7, 11) is -4.03. The molecule has 0 saturated carbocycles. The van der Waals surface area contributed by atoms with Gasteiger partial charge in [0.2, 0.25) is 0 Å². The second kappa shape index (κ2) is 14.7. The Morgan fingerprint density at radius 1 is 0.822 bits per heavy atom. The van der Waals surface area contributed by atoms with E-state index in [0.29, 0.717) is 17.1 Å². The van der Waals surface area contributed by atoms with Crippen molar-refractivity contribution < 1.29 is 27.2 Å². The summed E-state index contributed by atoms with van der Waals surface area (Å²) in [5.74, 6) is 0.253. The van der Waals surface area contributed by atoms with Crippen LogP contribution in [0.4, 0.5) is 5.69 Å². The third-order valence-corrected chi connectivity index (χ3v) is 8.36. The molecule has 11 heteroatoms. The Hall–Kier alpha value is -5.68. The number of hydrazone groups is 1. The Kier molecular flexibility index (Phi) is 10.0. The third-order valence-electron chi connectivity index (χ3n) is 6.59. The van der Waals surface area contributed by atoms with E-state index in [2.05, 4.69) is 15.8 Å². The number of carbonyl (C=O) groups excluding carboxylic acids is 2. The van der Waals surface area contributed by atoms with Crippen LogP contribution in [0.3, 0.4) is 0 Å². The molecule has 228 valence electrons. The number of nitrogens with zero attached hydrogens (tertiary/aromatic N) is 2. The van der Waals surface area contributed by atoms with Crippen LogP contribution in [0.1, 0.15) is 27.2 Å². The van der Waals surface area contributed by atoms with E-state index in [-0.39, 0.29) is 41.7 Å². The second-order valence-corrected chi connectivity index (χ2v) is 11.6. The summed E-state index contributed by atoms with van der Waals surface area (Å²) in [6.07, 6.45) is 2.98. The van der Waals surface area contributed by atoms with Gasteiger partial charge in [-0.1, -0.05) is 60.7 Å². The van der Waals surface area contributed by atoms with Crippen LogP contribution in [-0.4, -0.2) is 33.1 Å². The molecule has 10 nitrogen and oxygen atoms in total. The zero-order valence-corrected chi connectivity index (χ0v) is 24.9. The molecule has 0 spiro atoms. The molecule has 0 saturated heterocycles. The summed E-state index contributed by atoms with van der Waals surface area (Å²) < 4.78 is 39.6. The number of furan rings is 1. The predicted molar refractivity (Wildman–Crippen MR) is 170 cm³/mol. The van der Waals surface area contributed by atoms with Gasteiger partial charge in [-0.25, -0.2) is 13.8 Å². The van der Waals surface area contributed by atoms with Gasteiger partial charge in [-0.15, -0.1) is 0 Å². The van der Waals surface area contributed by atoms with E-state index < -0.39 is 15.9 Å². The average Bonchev–Trinajstić information content (AvgIpc) is 3.61. The molecular weight excluding hydrogens is 592 g/mol. The summed E-state index contributed by atoms with van der Waals surface area (Å²) in [6.45, 7) is 0.130. The normalized spacial score (nSPS) is 11.2. The molecule has 0 radical (unpaired) electrons. The first-order valence-electron chi connectivity index (χ1n) is 14.0. The number of anilines is 1. The monoisotopic (exact) mass is 622 g/mol. The van der Waals surface area contributed by atoms with Crippen molar-refractivity contribution in [3.8, 4) is 5.75 Å². The van der Waals surface area contributed by atoms with Crippen LogP contribution in [0.25, 0.3) is 0 Å². The fraction of sp³-hybridized carbons (Fsp3) is 0.0882. The van der Waals surface area contributed by atoms with Crippen molar-refractivity contribution in [2.75, 3.05) is 10.9 Å². The Morgan fingerprint density at radius 2 is 1.51 bits per heavy atom. The number of hydrogen-bond donors (Lipinski definition) is 2. The summed E-state index contributed by atoms with van der Waals surface area (Å²) in [5, 5.41) is 6.77. The molecule has 0 unspecified atom stereocenters. The van der Waals surface area contributed by atoms with Crippen molar-refractivity contribution in [2.24, 2.45) is 5.10 Å². The van der Waals surface area contributed by atoms with E-state index in [4.69, 9.17) is 9.15 Å². The molecule has 0 bridgehead atoms. The third kappa shape index (κ3) is 8.24. The van der Waals surface area contributed by atoms with Crippen LogP contribution in [0, 0.1) is 0 Å². The fourth-order valence-corrected chi connectivity index (χ4v) is 5.82. The minimum atomic E-state index is -4.03. The van der Waals surface area contributed by atoms with Gasteiger partial charge in [-0.05, 0) is 71.8 Å². The quantitative estimate of drug-likeness (QED) is 0.138. The number of nitrogens with one attached hydrogen (secondary N) is 2. The number of hydrogen-bond acceptors (Lipinski definition) is 7. The van der Waals surface area contributed by atoms with E-state index >= 15 is 0 Å². The van der Waals surface area contributed by atoms with E-state index in [1.807, 2.05) is 30.3 Å². The molecule has 0 aliphatic heterocycles. The highest BCUT2D eigenvalue weighted by Crippen LogP contribution is 2.29. The Morgan fingerprint density at radius 3 is 2.22 bits per heavy atom. The minimum absolute atomic E-state index is 0.0195. The molecule has 0 aliphatic carbocycles. The summed E-state index contributed by atoms with van der Waals surface area (Å²) in [4.78, 5) is 25.4. The highest BCUT2D eigenvalue weighted by Gasteiger charge is 2.28. The van der Waals surface area contributed by atoms with Gasteiger partial charge in [0.1, 0.15) is 11.5 Å². The van der Waals surface area contributed by atoms with Gasteiger partial charge in [-0.2, -0.15) is 5.10 Å². The predicted octanol–water partition coefficient (Wildman–Crippen LogP) is 5.13. The molecule has 0 aliphatic rings. The molecular formula is C34H30N4O6S. The number of carbonyl (C=O) groups is 2. The highest BCUT2D eigenvalue weighted by atomic mass is 32.2. The van der Waals surface area contributed by atoms with Crippen molar-refractivity contribution in [1.82, 2.24) is 10.7 Å². The SMILES string of the molecule is O=C(COc1ccc(/C=N\NC(=O)c2ccccc2N(Cc2ccccc2)S(=O)(=O)c2ccccc2)cc1)NCc1ccco1. The summed E-state index contributed by atoms with van der Waals surface area (Å²) >= 11 is 0. The number of amides is 2. The van der Waals surface area contributed by atoms with E-state index in [1.165, 1.54) is 28.9 Å². The van der Waals surface area contributed by atoms with Crippen LogP contribution in [0.5, 0.6) is 5.75 Å². The molecule has 45 heavy (non-hydrogen) atoms. The number of para-hydroxylation sites is 1. The van der Waals surface area contributed by atoms with Crippen molar-refractivity contribution >= 4 is 33.7 Å². The number of sulfonamides is 1. The van der Waals surface area contributed by atoms with Crippen LogP contribution in [0.15, 0.2) is 142 Å². The largest absolute Gasteiger partial charge is 0.484 e. The van der Waals surface area contributed by atoms with Crippen LogP contribution in [0.2, 0.25) is 0 Å². The van der Waals surface area contributed by atoms with Crippen LogP contribution >= 0.6 is 0 Å². The van der Waals surface area contributed by atoms with Gasteiger partial charge < -0.3 is 14.5 Å². The van der Waals surface area contributed by atoms with E-state index in [9.17, 15) is 18.0 Å². The molecule has 0 atom stereocenters. The van der Waals surface area contributed by atoms with Crippen molar-refractivity contribution in [3.63, 3.8) is 0 Å². The first-order valence-corrected chi connectivity index (χ1v) is 15.4. The molecule has 1 aromatic heterocycles. The topological polar surface area (TPSA) is 130 Å². The molecule has 5 aromatic rings. The van der Waals surface area contributed by atoms with Gasteiger partial charge in [0.25, 0.3) is 21.8 Å². The lowest BCUT2D eigenvalue weighted by Gasteiger charge is -2.26. The van der Waals surface area contributed by atoms with Crippen LogP contribution in [-0.2, 0) is 27.9 Å². The van der Waals surface area contributed by atoms with Crippen molar-refractivity contribution in [1.29, 1.82) is 0 Å². The van der Waals surface area contributed by atoms with Gasteiger partial charge in [0.15, 0.2) is 6.61 Å². The minimum Gasteiger partial charge on any atom is -0.484 e. The summed E-state index contributed by atoms with van der Waals surface area (Å²) in [5.41, 5.74) is 4.27. The van der Waals surface area contributed by atoms with Gasteiger partial charge in [-0.3, -0.25) is 13.9 Å².